The predicted octanol–water partition coefficient (Wildman–Crippen LogP) is 1.03. The number of aromatic nitrogens is 2. The number of nitrogens with zero attached hydrogens (tertiary/aromatic N) is 2. The van der Waals surface area contributed by atoms with Crippen molar-refractivity contribution in [1.29, 1.82) is 0 Å². The van der Waals surface area contributed by atoms with Crippen molar-refractivity contribution in [2.24, 2.45) is 5.73 Å². The zero-order valence-electron chi connectivity index (χ0n) is 9.79. The Bertz CT molecular complexity index is 609. The molecule has 1 aromatic heterocycles. The highest BCUT2D eigenvalue weighted by Gasteiger charge is 2.16. The zero-order valence-corrected chi connectivity index (χ0v) is 9.79. The van der Waals surface area contributed by atoms with Crippen LogP contribution in [-0.2, 0) is 6.54 Å². The number of nitrogens with two attached hydrogens (primary N) is 1. The number of H-pyrrole nitrogens is 1. The Kier molecular flexibility index (Phi) is 3.42. The maximum Gasteiger partial charge on any atom is 0.293 e. The van der Waals surface area contributed by atoms with Crippen molar-refractivity contribution in [1.82, 2.24) is 10.2 Å². The molecule has 0 aliphatic heterocycles. The van der Waals surface area contributed by atoms with E-state index in [4.69, 9.17) is 5.73 Å². The summed E-state index contributed by atoms with van der Waals surface area (Å²) >= 11 is 0. The molecule has 0 saturated carbocycles. The van der Waals surface area contributed by atoms with Crippen LogP contribution >= 0.6 is 0 Å². The molecule has 1 amide bonds. The first kappa shape index (κ1) is 12.6. The van der Waals surface area contributed by atoms with Crippen LogP contribution in [-0.4, -0.2) is 21.0 Å². The van der Waals surface area contributed by atoms with Crippen molar-refractivity contribution < 1.29 is 9.72 Å². The zero-order chi connectivity index (χ0) is 13.8. The third-order valence-electron chi connectivity index (χ3n) is 2.52. The number of carbonyl (C=O) groups excluding carboxylic acids is 1. The average molecular weight is 261 g/mol. The van der Waals surface area contributed by atoms with E-state index in [9.17, 15) is 14.9 Å². The molecule has 1 heterocycles. The topological polar surface area (TPSA) is 127 Å². The van der Waals surface area contributed by atoms with E-state index in [1.165, 1.54) is 12.1 Å². The minimum absolute atomic E-state index is 0.0977. The van der Waals surface area contributed by atoms with Crippen LogP contribution < -0.4 is 11.1 Å². The monoisotopic (exact) mass is 261 g/mol. The number of nitro groups is 1. The summed E-state index contributed by atoms with van der Waals surface area (Å²) in [5.41, 5.74) is 6.16. The third kappa shape index (κ3) is 2.86. The van der Waals surface area contributed by atoms with Gasteiger partial charge >= 0.3 is 0 Å². The van der Waals surface area contributed by atoms with Crippen LogP contribution in [0.3, 0.4) is 0 Å². The molecule has 0 fully saturated rings. The molecule has 0 unspecified atom stereocenters. The third-order valence-corrected chi connectivity index (χ3v) is 2.52. The lowest BCUT2D eigenvalue weighted by molar-refractivity contribution is -0.384. The summed E-state index contributed by atoms with van der Waals surface area (Å²) in [5.74, 6) is -0.704. The molecular formula is C11H11N5O3. The number of amides is 1. The quantitative estimate of drug-likeness (QED) is 0.547. The highest BCUT2D eigenvalue weighted by atomic mass is 16.6. The van der Waals surface area contributed by atoms with E-state index in [0.717, 1.165) is 11.6 Å². The number of aromatic amines is 1. The lowest BCUT2D eigenvalue weighted by Crippen LogP contribution is -2.12. The number of hydrogen-bond acceptors (Lipinski definition) is 5. The van der Waals surface area contributed by atoms with Gasteiger partial charge in [-0.05, 0) is 12.1 Å². The highest BCUT2D eigenvalue weighted by molar-refractivity contribution is 5.94. The average Bonchev–Trinajstić information content (AvgIpc) is 2.89. The molecule has 0 radical (unpaired) electrons. The first-order valence-electron chi connectivity index (χ1n) is 5.37. The van der Waals surface area contributed by atoms with Gasteiger partial charge in [0.15, 0.2) is 0 Å². The number of hydrogen-bond donors (Lipinski definition) is 3. The molecule has 0 spiro atoms. The van der Waals surface area contributed by atoms with Gasteiger partial charge in [-0.3, -0.25) is 20.0 Å². The van der Waals surface area contributed by atoms with E-state index in [2.05, 4.69) is 15.5 Å². The first-order chi connectivity index (χ1) is 9.08. The maximum absolute atomic E-state index is 11.0. The van der Waals surface area contributed by atoms with Gasteiger partial charge in [0, 0.05) is 29.9 Å². The Hall–Kier alpha value is -2.90. The van der Waals surface area contributed by atoms with Gasteiger partial charge in [0.05, 0.1) is 11.1 Å². The van der Waals surface area contributed by atoms with E-state index in [1.807, 2.05) is 0 Å². The Morgan fingerprint density at radius 1 is 1.53 bits per heavy atom. The van der Waals surface area contributed by atoms with Gasteiger partial charge < -0.3 is 11.1 Å². The van der Waals surface area contributed by atoms with E-state index in [1.54, 1.807) is 12.4 Å². The van der Waals surface area contributed by atoms with Crippen molar-refractivity contribution in [3.05, 3.63) is 51.8 Å². The largest absolute Gasteiger partial charge is 0.375 e. The van der Waals surface area contributed by atoms with Gasteiger partial charge in [-0.15, -0.1) is 0 Å². The van der Waals surface area contributed by atoms with Crippen molar-refractivity contribution in [2.45, 2.75) is 6.54 Å². The predicted molar refractivity (Wildman–Crippen MR) is 67.5 cm³/mol. The van der Waals surface area contributed by atoms with Gasteiger partial charge in [-0.25, -0.2) is 0 Å². The van der Waals surface area contributed by atoms with Crippen molar-refractivity contribution >= 4 is 17.3 Å². The molecule has 0 aliphatic rings. The fourth-order valence-electron chi connectivity index (χ4n) is 1.56. The molecule has 2 aromatic rings. The molecule has 8 nitrogen and oxygen atoms in total. The Balaban J connectivity index is 2.24. The molecule has 2 rings (SSSR count). The number of nitrogens with one attached hydrogen (secondary N) is 2. The van der Waals surface area contributed by atoms with Crippen LogP contribution in [0.15, 0.2) is 30.6 Å². The lowest BCUT2D eigenvalue weighted by Gasteiger charge is -2.06. The van der Waals surface area contributed by atoms with Crippen LogP contribution in [0.2, 0.25) is 0 Å². The molecule has 19 heavy (non-hydrogen) atoms. The molecule has 4 N–H and O–H groups in total. The van der Waals surface area contributed by atoms with Gasteiger partial charge in [-0.1, -0.05) is 0 Å². The Labute approximate surface area is 107 Å². The molecule has 1 aromatic carbocycles. The molecule has 8 heteroatoms. The van der Waals surface area contributed by atoms with Gasteiger partial charge in [-0.2, -0.15) is 5.10 Å². The number of anilines is 1. The van der Waals surface area contributed by atoms with Crippen LogP contribution in [0.1, 0.15) is 15.9 Å². The molecule has 0 bridgehead atoms. The molecule has 0 saturated heterocycles. The molecular weight excluding hydrogens is 250 g/mol. The summed E-state index contributed by atoms with van der Waals surface area (Å²) in [5, 5.41) is 20.3. The van der Waals surface area contributed by atoms with Gasteiger partial charge in [0.1, 0.15) is 5.69 Å². The van der Waals surface area contributed by atoms with Gasteiger partial charge in [0.25, 0.3) is 5.69 Å². The van der Waals surface area contributed by atoms with E-state index >= 15 is 0 Å². The Morgan fingerprint density at radius 2 is 2.32 bits per heavy atom. The standard InChI is InChI=1S/C11H11N5O3/c12-11(17)8-1-2-9(10(3-8)16(18)19)13-4-7-5-14-15-6-7/h1-3,5-6,13H,4H2,(H2,12,17)(H,14,15). The number of benzene rings is 1. The summed E-state index contributed by atoms with van der Waals surface area (Å²) in [4.78, 5) is 21.4. The van der Waals surface area contributed by atoms with E-state index in [-0.39, 0.29) is 11.3 Å². The lowest BCUT2D eigenvalue weighted by atomic mass is 10.1. The molecule has 0 aliphatic carbocycles. The van der Waals surface area contributed by atoms with Crippen molar-refractivity contribution in [3.63, 3.8) is 0 Å². The number of primary amides is 1. The normalized spacial score (nSPS) is 10.1. The summed E-state index contributed by atoms with van der Waals surface area (Å²) in [6, 6.07) is 4.05. The van der Waals surface area contributed by atoms with Gasteiger partial charge in [0.2, 0.25) is 5.91 Å². The van der Waals surface area contributed by atoms with Crippen LogP contribution in [0.5, 0.6) is 0 Å². The SMILES string of the molecule is NC(=O)c1ccc(NCc2cn[nH]c2)c([N+](=O)[O-])c1. The summed E-state index contributed by atoms with van der Waals surface area (Å²) in [6.07, 6.45) is 3.28. The number of carbonyl (C=O) groups is 1. The Morgan fingerprint density at radius 3 is 2.89 bits per heavy atom. The summed E-state index contributed by atoms with van der Waals surface area (Å²) in [7, 11) is 0. The minimum Gasteiger partial charge on any atom is -0.375 e. The van der Waals surface area contributed by atoms with Crippen LogP contribution in [0.25, 0.3) is 0 Å². The fourth-order valence-corrected chi connectivity index (χ4v) is 1.56. The second-order valence-electron chi connectivity index (χ2n) is 3.81. The highest BCUT2D eigenvalue weighted by Crippen LogP contribution is 2.25. The van der Waals surface area contributed by atoms with Crippen molar-refractivity contribution in [3.8, 4) is 0 Å². The molecule has 98 valence electrons. The number of nitro benzene ring substituents is 1. The maximum atomic E-state index is 11.0. The second kappa shape index (κ2) is 5.17. The second-order valence-corrected chi connectivity index (χ2v) is 3.81. The fraction of sp³-hybridized carbons (Fsp3) is 0.0909. The first-order valence-corrected chi connectivity index (χ1v) is 5.37. The van der Waals surface area contributed by atoms with Crippen LogP contribution in [0.4, 0.5) is 11.4 Å². The van der Waals surface area contributed by atoms with Crippen LogP contribution in [0, 0.1) is 10.1 Å². The smallest absolute Gasteiger partial charge is 0.293 e. The number of rotatable bonds is 5. The minimum atomic E-state index is -0.704. The summed E-state index contributed by atoms with van der Waals surface area (Å²) < 4.78 is 0. The van der Waals surface area contributed by atoms with Crippen molar-refractivity contribution in [2.75, 3.05) is 5.32 Å². The van der Waals surface area contributed by atoms with E-state index in [0.29, 0.717) is 12.2 Å². The molecule has 0 atom stereocenters. The summed E-state index contributed by atoms with van der Waals surface area (Å²) in [6.45, 7) is 0.382. The van der Waals surface area contributed by atoms with E-state index < -0.39 is 10.8 Å².